The zero-order valence-electron chi connectivity index (χ0n) is 10.2. The van der Waals surface area contributed by atoms with Gasteiger partial charge < -0.3 is 15.4 Å². The SMILES string of the molecule is CN(CC1CCCOC1)c1ccc(I)cc1N. The topological polar surface area (TPSA) is 38.5 Å². The van der Waals surface area contributed by atoms with Crippen LogP contribution in [-0.4, -0.2) is 26.8 Å². The molecule has 17 heavy (non-hydrogen) atoms. The molecule has 0 radical (unpaired) electrons. The van der Waals surface area contributed by atoms with Crippen molar-refractivity contribution >= 4 is 34.0 Å². The Morgan fingerprint density at radius 3 is 3.00 bits per heavy atom. The summed E-state index contributed by atoms with van der Waals surface area (Å²) in [4.78, 5) is 2.24. The van der Waals surface area contributed by atoms with Gasteiger partial charge in [0, 0.05) is 23.8 Å². The zero-order chi connectivity index (χ0) is 12.3. The highest BCUT2D eigenvalue weighted by Crippen LogP contribution is 2.26. The standard InChI is InChI=1S/C13H19IN2O/c1-16(8-10-3-2-6-17-9-10)13-5-4-11(14)7-12(13)15/h4-5,7,10H,2-3,6,8-9,15H2,1H3. The first-order chi connectivity index (χ1) is 8.16. The van der Waals surface area contributed by atoms with Crippen LogP contribution in [0.4, 0.5) is 11.4 Å². The molecule has 1 aromatic carbocycles. The highest BCUT2D eigenvalue weighted by atomic mass is 127. The average molecular weight is 346 g/mol. The van der Waals surface area contributed by atoms with E-state index in [0.29, 0.717) is 5.92 Å². The Morgan fingerprint density at radius 1 is 1.53 bits per heavy atom. The second kappa shape index (κ2) is 5.91. The number of nitrogen functional groups attached to an aromatic ring is 1. The predicted octanol–water partition coefficient (Wildman–Crippen LogP) is 2.74. The fourth-order valence-corrected chi connectivity index (χ4v) is 2.83. The van der Waals surface area contributed by atoms with E-state index in [4.69, 9.17) is 10.5 Å². The van der Waals surface area contributed by atoms with Crippen molar-refractivity contribution in [3.05, 3.63) is 21.8 Å². The van der Waals surface area contributed by atoms with E-state index >= 15 is 0 Å². The molecule has 2 rings (SSSR count). The number of nitrogens with two attached hydrogens (primary N) is 1. The first-order valence-corrected chi connectivity index (χ1v) is 7.08. The van der Waals surface area contributed by atoms with Gasteiger partial charge in [0.05, 0.1) is 18.0 Å². The summed E-state index contributed by atoms with van der Waals surface area (Å²) in [7, 11) is 2.10. The average Bonchev–Trinajstić information content (AvgIpc) is 2.30. The smallest absolute Gasteiger partial charge is 0.0598 e. The number of hydrogen-bond donors (Lipinski definition) is 1. The third-order valence-corrected chi connectivity index (χ3v) is 3.86. The molecule has 0 saturated carbocycles. The molecular formula is C13H19IN2O. The summed E-state index contributed by atoms with van der Waals surface area (Å²) in [6.07, 6.45) is 2.44. The number of nitrogens with zero attached hydrogens (tertiary/aromatic N) is 1. The Balaban J connectivity index is 2.00. The fraction of sp³-hybridized carbons (Fsp3) is 0.538. The first kappa shape index (κ1) is 13.0. The highest BCUT2D eigenvalue weighted by Gasteiger charge is 2.17. The number of hydrogen-bond acceptors (Lipinski definition) is 3. The molecule has 0 aliphatic carbocycles. The van der Waals surface area contributed by atoms with Crippen LogP contribution in [0.5, 0.6) is 0 Å². The fourth-order valence-electron chi connectivity index (χ4n) is 2.31. The number of benzene rings is 1. The van der Waals surface area contributed by atoms with Gasteiger partial charge in [-0.25, -0.2) is 0 Å². The highest BCUT2D eigenvalue weighted by molar-refractivity contribution is 14.1. The number of ether oxygens (including phenoxy) is 1. The number of halogens is 1. The van der Waals surface area contributed by atoms with Crippen molar-refractivity contribution in [1.82, 2.24) is 0 Å². The largest absolute Gasteiger partial charge is 0.397 e. The van der Waals surface area contributed by atoms with Crippen molar-refractivity contribution in [2.75, 3.05) is 37.4 Å². The van der Waals surface area contributed by atoms with Crippen LogP contribution in [-0.2, 0) is 4.74 Å². The molecule has 1 aromatic rings. The molecule has 0 aromatic heterocycles. The Morgan fingerprint density at radius 2 is 2.35 bits per heavy atom. The monoisotopic (exact) mass is 346 g/mol. The van der Waals surface area contributed by atoms with Crippen molar-refractivity contribution in [2.45, 2.75) is 12.8 Å². The van der Waals surface area contributed by atoms with Gasteiger partial charge >= 0.3 is 0 Å². The van der Waals surface area contributed by atoms with E-state index in [1.54, 1.807) is 0 Å². The van der Waals surface area contributed by atoms with Crippen LogP contribution in [0.15, 0.2) is 18.2 Å². The van der Waals surface area contributed by atoms with Gasteiger partial charge in [-0.3, -0.25) is 0 Å². The van der Waals surface area contributed by atoms with E-state index in [2.05, 4.69) is 46.7 Å². The lowest BCUT2D eigenvalue weighted by atomic mass is 10.0. The van der Waals surface area contributed by atoms with Crippen LogP contribution in [0, 0.1) is 9.49 Å². The maximum Gasteiger partial charge on any atom is 0.0598 e. The van der Waals surface area contributed by atoms with Crippen molar-refractivity contribution in [1.29, 1.82) is 0 Å². The van der Waals surface area contributed by atoms with Crippen molar-refractivity contribution in [3.8, 4) is 0 Å². The van der Waals surface area contributed by atoms with Gasteiger partial charge in [-0.05, 0) is 59.5 Å². The second-order valence-corrected chi connectivity index (χ2v) is 5.91. The van der Waals surface area contributed by atoms with E-state index in [1.165, 1.54) is 16.4 Å². The molecular weight excluding hydrogens is 327 g/mol. The lowest BCUT2D eigenvalue weighted by Crippen LogP contribution is -2.31. The molecule has 1 aliphatic rings. The normalized spacial score (nSPS) is 20.2. The summed E-state index contributed by atoms with van der Waals surface area (Å²) < 4.78 is 6.69. The van der Waals surface area contributed by atoms with Crippen molar-refractivity contribution in [3.63, 3.8) is 0 Å². The Labute approximate surface area is 116 Å². The predicted molar refractivity (Wildman–Crippen MR) is 80.4 cm³/mol. The van der Waals surface area contributed by atoms with Crippen molar-refractivity contribution < 1.29 is 4.74 Å². The molecule has 1 unspecified atom stereocenters. The lowest BCUT2D eigenvalue weighted by Gasteiger charge is -2.29. The summed E-state index contributed by atoms with van der Waals surface area (Å²) in [5.41, 5.74) is 8.03. The van der Waals surface area contributed by atoms with Crippen LogP contribution in [0.25, 0.3) is 0 Å². The minimum Gasteiger partial charge on any atom is -0.397 e. The van der Waals surface area contributed by atoms with E-state index < -0.39 is 0 Å². The van der Waals surface area contributed by atoms with Gasteiger partial charge in [0.15, 0.2) is 0 Å². The van der Waals surface area contributed by atoms with E-state index in [0.717, 1.165) is 31.1 Å². The van der Waals surface area contributed by atoms with Gasteiger partial charge in [0.1, 0.15) is 0 Å². The van der Waals surface area contributed by atoms with Gasteiger partial charge in [0.2, 0.25) is 0 Å². The minimum absolute atomic E-state index is 0.632. The minimum atomic E-state index is 0.632. The molecule has 1 atom stereocenters. The van der Waals surface area contributed by atoms with E-state index in [1.807, 2.05) is 6.07 Å². The molecule has 3 nitrogen and oxygen atoms in total. The maximum atomic E-state index is 6.05. The maximum absolute atomic E-state index is 6.05. The van der Waals surface area contributed by atoms with Crippen molar-refractivity contribution in [2.24, 2.45) is 5.92 Å². The number of anilines is 2. The quantitative estimate of drug-likeness (QED) is 0.676. The van der Waals surface area contributed by atoms with Crippen LogP contribution < -0.4 is 10.6 Å². The first-order valence-electron chi connectivity index (χ1n) is 6.00. The molecule has 1 aliphatic heterocycles. The lowest BCUT2D eigenvalue weighted by molar-refractivity contribution is 0.0576. The molecule has 1 saturated heterocycles. The molecule has 4 heteroatoms. The molecule has 94 valence electrons. The van der Waals surface area contributed by atoms with E-state index in [-0.39, 0.29) is 0 Å². The second-order valence-electron chi connectivity index (χ2n) is 4.67. The Hall–Kier alpha value is -0.490. The van der Waals surface area contributed by atoms with Crippen LogP contribution in [0.2, 0.25) is 0 Å². The summed E-state index contributed by atoms with van der Waals surface area (Å²) in [5, 5.41) is 0. The van der Waals surface area contributed by atoms with Gasteiger partial charge in [0.25, 0.3) is 0 Å². The third-order valence-electron chi connectivity index (χ3n) is 3.19. The Bertz CT molecular complexity index is 378. The van der Waals surface area contributed by atoms with Crippen LogP contribution in [0.1, 0.15) is 12.8 Å². The molecule has 2 N–H and O–H groups in total. The number of rotatable bonds is 3. The molecule has 0 bridgehead atoms. The summed E-state index contributed by atoms with van der Waals surface area (Å²) in [6, 6.07) is 6.21. The zero-order valence-corrected chi connectivity index (χ0v) is 12.3. The van der Waals surface area contributed by atoms with Gasteiger partial charge in [-0.1, -0.05) is 0 Å². The van der Waals surface area contributed by atoms with Crippen LogP contribution >= 0.6 is 22.6 Å². The van der Waals surface area contributed by atoms with E-state index in [9.17, 15) is 0 Å². The molecule has 0 amide bonds. The summed E-state index contributed by atoms with van der Waals surface area (Å²) in [5.74, 6) is 0.632. The third kappa shape index (κ3) is 3.48. The molecule has 0 spiro atoms. The summed E-state index contributed by atoms with van der Waals surface area (Å²) >= 11 is 2.28. The molecule has 1 fully saturated rings. The summed E-state index contributed by atoms with van der Waals surface area (Å²) in [6.45, 7) is 2.82. The van der Waals surface area contributed by atoms with Crippen LogP contribution in [0.3, 0.4) is 0 Å². The van der Waals surface area contributed by atoms with Gasteiger partial charge in [-0.15, -0.1) is 0 Å². The Kier molecular flexibility index (Phi) is 4.50. The van der Waals surface area contributed by atoms with Gasteiger partial charge in [-0.2, -0.15) is 0 Å². The molecule has 1 heterocycles.